The van der Waals surface area contributed by atoms with Gasteiger partial charge in [0.05, 0.1) is 5.69 Å². The SMILES string of the molecule is CC(C(=O)O)N(C)Cc1cc(=O)n2ncsc2n1. The van der Waals surface area contributed by atoms with Crippen molar-refractivity contribution in [2.24, 2.45) is 0 Å². The Kier molecular flexibility index (Phi) is 3.39. The summed E-state index contributed by atoms with van der Waals surface area (Å²) in [5.41, 5.74) is 1.82. The van der Waals surface area contributed by atoms with Gasteiger partial charge in [-0.1, -0.05) is 11.3 Å². The average molecular weight is 268 g/mol. The molecule has 0 aromatic carbocycles. The minimum absolute atomic E-state index is 0.257. The molecule has 0 aliphatic rings. The first kappa shape index (κ1) is 12.7. The fraction of sp³-hybridized carbons (Fsp3) is 0.400. The van der Waals surface area contributed by atoms with Crippen molar-refractivity contribution in [3.8, 4) is 0 Å². The lowest BCUT2D eigenvalue weighted by Crippen LogP contribution is -2.35. The Morgan fingerprint density at radius 2 is 2.39 bits per heavy atom. The smallest absolute Gasteiger partial charge is 0.320 e. The van der Waals surface area contributed by atoms with Crippen LogP contribution >= 0.6 is 11.3 Å². The molecule has 0 amide bonds. The third kappa shape index (κ3) is 2.39. The molecule has 2 aromatic rings. The lowest BCUT2D eigenvalue weighted by Gasteiger charge is -2.20. The fourth-order valence-electron chi connectivity index (χ4n) is 1.46. The largest absolute Gasteiger partial charge is 0.480 e. The Morgan fingerprint density at radius 1 is 1.67 bits per heavy atom. The third-order valence-electron chi connectivity index (χ3n) is 2.67. The van der Waals surface area contributed by atoms with E-state index in [1.807, 2.05) is 0 Å². The minimum atomic E-state index is -0.909. The molecule has 18 heavy (non-hydrogen) atoms. The van der Waals surface area contributed by atoms with Crippen LogP contribution in [0.1, 0.15) is 12.6 Å². The van der Waals surface area contributed by atoms with E-state index in [1.165, 1.54) is 27.4 Å². The van der Waals surface area contributed by atoms with E-state index in [-0.39, 0.29) is 5.56 Å². The molecule has 7 nitrogen and oxygen atoms in total. The molecule has 2 aromatic heterocycles. The number of carboxylic acid groups (broad SMARTS) is 1. The van der Waals surface area contributed by atoms with Crippen LogP contribution < -0.4 is 5.56 Å². The van der Waals surface area contributed by atoms with E-state index in [9.17, 15) is 9.59 Å². The number of carbonyl (C=O) groups is 1. The first-order valence-corrected chi connectivity index (χ1v) is 6.12. The zero-order valence-electron chi connectivity index (χ0n) is 9.90. The number of nitrogens with zero attached hydrogens (tertiary/aromatic N) is 4. The Labute approximate surface area is 106 Å². The third-order valence-corrected chi connectivity index (χ3v) is 3.34. The Balaban J connectivity index is 2.27. The molecule has 96 valence electrons. The van der Waals surface area contributed by atoms with Crippen molar-refractivity contribution in [3.05, 3.63) is 27.6 Å². The molecule has 2 rings (SSSR count). The van der Waals surface area contributed by atoms with E-state index in [1.54, 1.807) is 18.9 Å². The van der Waals surface area contributed by atoms with Gasteiger partial charge in [-0.2, -0.15) is 9.61 Å². The van der Waals surface area contributed by atoms with Crippen LogP contribution in [-0.2, 0) is 11.3 Å². The topological polar surface area (TPSA) is 87.8 Å². The van der Waals surface area contributed by atoms with Crippen molar-refractivity contribution >= 4 is 22.3 Å². The summed E-state index contributed by atoms with van der Waals surface area (Å²) in [6.07, 6.45) is 0. The van der Waals surface area contributed by atoms with Crippen molar-refractivity contribution in [1.82, 2.24) is 19.5 Å². The number of aromatic nitrogens is 3. The summed E-state index contributed by atoms with van der Waals surface area (Å²) in [5.74, 6) is -0.909. The molecule has 0 radical (unpaired) electrons. The second-order valence-electron chi connectivity index (χ2n) is 3.95. The number of aliphatic carboxylic acids is 1. The van der Waals surface area contributed by atoms with Gasteiger partial charge in [-0.15, -0.1) is 0 Å². The maximum Gasteiger partial charge on any atom is 0.320 e. The van der Waals surface area contributed by atoms with Crippen LogP contribution in [0.25, 0.3) is 4.96 Å². The Hall–Kier alpha value is -1.80. The van der Waals surface area contributed by atoms with Gasteiger partial charge in [-0.25, -0.2) is 4.98 Å². The Bertz CT molecular complexity index is 635. The van der Waals surface area contributed by atoms with E-state index in [0.717, 1.165) is 0 Å². The lowest BCUT2D eigenvalue weighted by molar-refractivity contribution is -0.142. The van der Waals surface area contributed by atoms with Crippen LogP contribution in [0.3, 0.4) is 0 Å². The maximum absolute atomic E-state index is 11.7. The zero-order valence-corrected chi connectivity index (χ0v) is 10.7. The highest BCUT2D eigenvalue weighted by atomic mass is 32.1. The summed E-state index contributed by atoms with van der Waals surface area (Å²) in [7, 11) is 1.68. The second kappa shape index (κ2) is 4.83. The van der Waals surface area contributed by atoms with Crippen molar-refractivity contribution in [2.45, 2.75) is 19.5 Å². The normalized spacial score (nSPS) is 13.1. The van der Waals surface area contributed by atoms with Crippen LogP contribution in [0, 0.1) is 0 Å². The van der Waals surface area contributed by atoms with E-state index in [0.29, 0.717) is 17.2 Å². The van der Waals surface area contributed by atoms with Crippen LogP contribution in [0.2, 0.25) is 0 Å². The molecule has 0 aliphatic heterocycles. The van der Waals surface area contributed by atoms with Gasteiger partial charge in [-0.05, 0) is 14.0 Å². The quantitative estimate of drug-likeness (QED) is 0.843. The molecule has 0 saturated heterocycles. The second-order valence-corrected chi connectivity index (χ2v) is 4.76. The highest BCUT2D eigenvalue weighted by molar-refractivity contribution is 7.14. The van der Waals surface area contributed by atoms with E-state index in [2.05, 4.69) is 10.1 Å². The predicted octanol–water partition coefficient (Wildman–Crippen LogP) is 0.0559. The van der Waals surface area contributed by atoms with E-state index >= 15 is 0 Å². The fourth-order valence-corrected chi connectivity index (χ4v) is 2.11. The summed E-state index contributed by atoms with van der Waals surface area (Å²) in [6, 6.07) is 0.740. The van der Waals surface area contributed by atoms with Gasteiger partial charge >= 0.3 is 5.97 Å². The van der Waals surface area contributed by atoms with Gasteiger partial charge in [0.25, 0.3) is 5.56 Å². The lowest BCUT2D eigenvalue weighted by atomic mass is 10.3. The molecule has 0 saturated carbocycles. The van der Waals surface area contributed by atoms with Gasteiger partial charge in [0, 0.05) is 12.6 Å². The number of likely N-dealkylation sites (N-methyl/N-ethyl adjacent to an activating group) is 1. The van der Waals surface area contributed by atoms with Gasteiger partial charge in [0.15, 0.2) is 0 Å². The molecule has 0 aliphatic carbocycles. The van der Waals surface area contributed by atoms with Crippen LogP contribution in [-0.4, -0.2) is 43.7 Å². The molecule has 1 atom stereocenters. The molecule has 1 unspecified atom stereocenters. The molecular weight excluding hydrogens is 256 g/mol. The summed E-state index contributed by atoms with van der Waals surface area (Å²) in [6.45, 7) is 1.89. The number of fused-ring (bicyclic) bond motifs is 1. The zero-order chi connectivity index (χ0) is 13.3. The molecule has 2 heterocycles. The van der Waals surface area contributed by atoms with Crippen molar-refractivity contribution in [3.63, 3.8) is 0 Å². The molecule has 1 N–H and O–H groups in total. The monoisotopic (exact) mass is 268 g/mol. The maximum atomic E-state index is 11.7. The van der Waals surface area contributed by atoms with Crippen LogP contribution in [0.5, 0.6) is 0 Å². The van der Waals surface area contributed by atoms with Gasteiger partial charge in [0.2, 0.25) is 4.96 Å². The van der Waals surface area contributed by atoms with E-state index in [4.69, 9.17) is 5.11 Å². The number of carboxylic acids is 1. The standard InChI is InChI=1S/C10H12N4O3S/c1-6(9(16)17)13(2)4-7-3-8(15)14-10(12-7)18-5-11-14/h3,5-6H,4H2,1-2H3,(H,16,17). The molecule has 8 heteroatoms. The summed E-state index contributed by atoms with van der Waals surface area (Å²) in [5, 5.41) is 12.7. The number of hydrogen-bond acceptors (Lipinski definition) is 6. The number of hydrogen-bond donors (Lipinski definition) is 1. The first-order valence-electron chi connectivity index (χ1n) is 5.24. The summed E-state index contributed by atoms with van der Waals surface area (Å²) >= 11 is 1.26. The average Bonchev–Trinajstić information content (AvgIpc) is 2.76. The first-order chi connectivity index (χ1) is 8.49. The molecule has 0 spiro atoms. The molecule has 0 bridgehead atoms. The van der Waals surface area contributed by atoms with Crippen LogP contribution in [0.4, 0.5) is 0 Å². The predicted molar refractivity (Wildman–Crippen MR) is 65.7 cm³/mol. The summed E-state index contributed by atoms with van der Waals surface area (Å²) < 4.78 is 1.22. The highest BCUT2D eigenvalue weighted by Gasteiger charge is 2.17. The molecule has 0 fully saturated rings. The number of rotatable bonds is 4. The van der Waals surface area contributed by atoms with Crippen LogP contribution in [0.15, 0.2) is 16.4 Å². The summed E-state index contributed by atoms with van der Waals surface area (Å²) in [4.78, 5) is 28.9. The minimum Gasteiger partial charge on any atom is -0.480 e. The van der Waals surface area contributed by atoms with Crippen molar-refractivity contribution in [2.75, 3.05) is 7.05 Å². The van der Waals surface area contributed by atoms with E-state index < -0.39 is 12.0 Å². The van der Waals surface area contributed by atoms with Crippen molar-refractivity contribution in [1.29, 1.82) is 0 Å². The van der Waals surface area contributed by atoms with Gasteiger partial charge in [-0.3, -0.25) is 14.5 Å². The van der Waals surface area contributed by atoms with Crippen molar-refractivity contribution < 1.29 is 9.90 Å². The Morgan fingerprint density at radius 3 is 3.06 bits per heavy atom. The van der Waals surface area contributed by atoms with Gasteiger partial charge in [0.1, 0.15) is 11.6 Å². The molecular formula is C10H12N4O3S. The van der Waals surface area contributed by atoms with Gasteiger partial charge < -0.3 is 5.11 Å². The highest BCUT2D eigenvalue weighted by Crippen LogP contribution is 2.07.